The Kier molecular flexibility index (Phi) is 5.79. The molecule has 1 heterocycles. The van der Waals surface area contributed by atoms with Crippen LogP contribution in [0.2, 0.25) is 25.7 Å². The number of allylic oxidation sites excluding steroid dienone is 1. The highest BCUT2D eigenvalue weighted by Crippen LogP contribution is 2.28. The van der Waals surface area contributed by atoms with E-state index in [0.717, 1.165) is 6.04 Å². The minimum atomic E-state index is -1.19. The second-order valence-corrected chi connectivity index (χ2v) is 13.6. The van der Waals surface area contributed by atoms with Crippen molar-refractivity contribution in [2.75, 3.05) is 0 Å². The van der Waals surface area contributed by atoms with Crippen molar-refractivity contribution < 1.29 is 14.3 Å². The summed E-state index contributed by atoms with van der Waals surface area (Å²) in [6.07, 6.45) is 5.72. The number of rotatable bonds is 4. The molecule has 4 nitrogen and oxygen atoms in total. The lowest BCUT2D eigenvalue weighted by atomic mass is 10.1. The van der Waals surface area contributed by atoms with Crippen molar-refractivity contribution in [1.82, 2.24) is 4.90 Å². The number of carbonyl (C=O) groups excluding carboxylic acids is 2. The molecule has 0 aromatic heterocycles. The van der Waals surface area contributed by atoms with Gasteiger partial charge in [0.15, 0.2) is 0 Å². The zero-order chi connectivity index (χ0) is 17.1. The van der Waals surface area contributed by atoms with Crippen molar-refractivity contribution >= 4 is 20.1 Å². The molecule has 5 heteroatoms. The molecule has 2 unspecified atom stereocenters. The lowest BCUT2D eigenvalue weighted by Crippen LogP contribution is -2.42. The molecule has 124 valence electrons. The number of imide groups is 1. The van der Waals surface area contributed by atoms with Gasteiger partial charge < -0.3 is 4.74 Å². The van der Waals surface area contributed by atoms with Gasteiger partial charge in [0.25, 0.3) is 0 Å². The van der Waals surface area contributed by atoms with Crippen LogP contribution in [0.25, 0.3) is 0 Å². The first kappa shape index (κ1) is 18.7. The minimum absolute atomic E-state index is 0.216. The van der Waals surface area contributed by atoms with Gasteiger partial charge >= 0.3 is 6.09 Å². The van der Waals surface area contributed by atoms with Crippen LogP contribution >= 0.6 is 0 Å². The highest BCUT2D eigenvalue weighted by Gasteiger charge is 2.42. The van der Waals surface area contributed by atoms with E-state index < -0.39 is 19.8 Å². The van der Waals surface area contributed by atoms with E-state index in [1.165, 1.54) is 4.90 Å². The van der Waals surface area contributed by atoms with E-state index >= 15 is 0 Å². The summed E-state index contributed by atoms with van der Waals surface area (Å²) in [5.74, 6) is -0.527. The summed E-state index contributed by atoms with van der Waals surface area (Å²) in [6, 6.07) is 0.792. The number of hydrogen-bond acceptors (Lipinski definition) is 3. The van der Waals surface area contributed by atoms with Crippen molar-refractivity contribution in [1.29, 1.82) is 0 Å². The Hall–Kier alpha value is -1.36. The average molecular weight is 324 g/mol. The van der Waals surface area contributed by atoms with Gasteiger partial charge in [-0.25, -0.2) is 9.69 Å². The Balaban J connectivity index is 2.90. The van der Waals surface area contributed by atoms with Crippen LogP contribution in [0.15, 0.2) is 24.8 Å². The summed E-state index contributed by atoms with van der Waals surface area (Å²) >= 11 is 0. The maximum Gasteiger partial charge on any atom is 0.417 e. The molecule has 1 rings (SSSR count). The molecule has 1 aliphatic rings. The Morgan fingerprint density at radius 1 is 1.41 bits per heavy atom. The SMILES string of the molecule is C=CC1CC(/C=C/C[Si](C)(C)C)N(C(=O)OC(C)(C)C)C1=O. The smallest absolute Gasteiger partial charge is 0.417 e. The summed E-state index contributed by atoms with van der Waals surface area (Å²) in [7, 11) is -1.19. The fourth-order valence-corrected chi connectivity index (χ4v) is 3.13. The summed E-state index contributed by atoms with van der Waals surface area (Å²) in [5.41, 5.74) is -0.615. The molecule has 0 spiro atoms. The lowest BCUT2D eigenvalue weighted by molar-refractivity contribution is -0.129. The number of amides is 2. The van der Waals surface area contributed by atoms with Gasteiger partial charge in [0.05, 0.1) is 12.0 Å². The summed E-state index contributed by atoms with van der Waals surface area (Å²) in [4.78, 5) is 25.9. The van der Waals surface area contributed by atoms with Crippen molar-refractivity contribution in [2.45, 2.75) is 64.5 Å². The second kappa shape index (κ2) is 6.81. The van der Waals surface area contributed by atoms with E-state index in [0.29, 0.717) is 6.42 Å². The monoisotopic (exact) mass is 323 g/mol. The van der Waals surface area contributed by atoms with Gasteiger partial charge in [-0.2, -0.15) is 0 Å². The summed E-state index contributed by atoms with van der Waals surface area (Å²) in [5, 5.41) is 0. The third-order valence-corrected chi connectivity index (χ3v) is 4.81. The quantitative estimate of drug-likeness (QED) is 0.575. The number of hydrogen-bond donors (Lipinski definition) is 0. The van der Waals surface area contributed by atoms with Crippen molar-refractivity contribution in [3.63, 3.8) is 0 Å². The minimum Gasteiger partial charge on any atom is -0.443 e. The number of carbonyl (C=O) groups is 2. The summed E-state index contributed by atoms with van der Waals surface area (Å²) < 4.78 is 5.37. The van der Waals surface area contributed by atoms with E-state index in [9.17, 15) is 9.59 Å². The maximum atomic E-state index is 12.4. The highest BCUT2D eigenvalue weighted by atomic mass is 28.3. The maximum absolute atomic E-state index is 12.4. The molecule has 0 radical (unpaired) electrons. The highest BCUT2D eigenvalue weighted by molar-refractivity contribution is 6.76. The second-order valence-electron chi connectivity index (χ2n) is 8.03. The number of ether oxygens (including phenoxy) is 1. The van der Waals surface area contributed by atoms with Crippen LogP contribution in [0.3, 0.4) is 0 Å². The van der Waals surface area contributed by atoms with Crippen LogP contribution in [0.4, 0.5) is 4.79 Å². The molecule has 0 saturated carbocycles. The third kappa shape index (κ3) is 5.44. The average Bonchev–Trinajstić information content (AvgIpc) is 2.61. The molecule has 2 atom stereocenters. The summed E-state index contributed by atoms with van der Waals surface area (Å²) in [6.45, 7) is 16.0. The van der Waals surface area contributed by atoms with Gasteiger partial charge in [-0.1, -0.05) is 37.9 Å². The number of nitrogens with zero attached hydrogens (tertiary/aromatic N) is 1. The van der Waals surface area contributed by atoms with E-state index in [-0.39, 0.29) is 17.9 Å². The van der Waals surface area contributed by atoms with Crippen LogP contribution < -0.4 is 0 Å². The van der Waals surface area contributed by atoms with E-state index in [4.69, 9.17) is 4.74 Å². The Morgan fingerprint density at radius 2 is 2.00 bits per heavy atom. The normalized spacial score (nSPS) is 23.2. The zero-order valence-corrected chi connectivity index (χ0v) is 15.7. The molecular weight excluding hydrogens is 294 g/mol. The first-order chi connectivity index (χ1) is 9.94. The van der Waals surface area contributed by atoms with Gasteiger partial charge in [0.2, 0.25) is 5.91 Å². The molecule has 0 N–H and O–H groups in total. The molecule has 0 aliphatic carbocycles. The van der Waals surface area contributed by atoms with Gasteiger partial charge in [0, 0.05) is 8.07 Å². The predicted octanol–water partition coefficient (Wildman–Crippen LogP) is 4.22. The zero-order valence-electron chi connectivity index (χ0n) is 14.7. The molecule has 1 aliphatic heterocycles. The molecule has 1 fully saturated rings. The molecule has 0 bridgehead atoms. The largest absolute Gasteiger partial charge is 0.443 e. The number of likely N-dealkylation sites (tertiary alicyclic amines) is 1. The molecule has 1 saturated heterocycles. The van der Waals surface area contributed by atoms with Crippen LogP contribution in [0.5, 0.6) is 0 Å². The van der Waals surface area contributed by atoms with Gasteiger partial charge in [-0.15, -0.1) is 6.58 Å². The Bertz CT molecular complexity index is 471. The van der Waals surface area contributed by atoms with E-state index in [1.54, 1.807) is 26.8 Å². The van der Waals surface area contributed by atoms with Crippen molar-refractivity contribution in [3.8, 4) is 0 Å². The van der Waals surface area contributed by atoms with Gasteiger partial charge in [0.1, 0.15) is 5.60 Å². The van der Waals surface area contributed by atoms with Crippen molar-refractivity contribution in [2.24, 2.45) is 5.92 Å². The van der Waals surface area contributed by atoms with Crippen molar-refractivity contribution in [3.05, 3.63) is 24.8 Å². The van der Waals surface area contributed by atoms with Crippen LogP contribution in [0, 0.1) is 5.92 Å². The van der Waals surface area contributed by atoms with E-state index in [2.05, 4.69) is 32.3 Å². The molecule has 0 aromatic carbocycles. The first-order valence-corrected chi connectivity index (χ1v) is 11.5. The fraction of sp³-hybridized carbons (Fsp3) is 0.647. The molecular formula is C17H29NO3Si. The lowest BCUT2D eigenvalue weighted by Gasteiger charge is -2.26. The molecule has 0 aromatic rings. The van der Waals surface area contributed by atoms with Crippen LogP contribution in [-0.2, 0) is 9.53 Å². The first-order valence-electron chi connectivity index (χ1n) is 7.80. The third-order valence-electron chi connectivity index (χ3n) is 3.34. The standard InChI is InChI=1S/C17H29NO3Si/c1-8-13-12-14(10-9-11-22(5,6)7)18(15(13)19)16(20)21-17(2,3)4/h8-10,13-14H,1,11-12H2,2-7H3/b10-9+. The van der Waals surface area contributed by atoms with Gasteiger partial charge in [-0.05, 0) is 33.2 Å². The topological polar surface area (TPSA) is 46.6 Å². The van der Waals surface area contributed by atoms with Gasteiger partial charge in [-0.3, -0.25) is 4.79 Å². The van der Waals surface area contributed by atoms with Crippen LogP contribution in [-0.4, -0.2) is 36.6 Å². The molecule has 22 heavy (non-hydrogen) atoms. The van der Waals surface area contributed by atoms with E-state index in [1.807, 2.05) is 6.08 Å². The fourth-order valence-electron chi connectivity index (χ4n) is 2.29. The van der Waals surface area contributed by atoms with Crippen LogP contribution in [0.1, 0.15) is 27.2 Å². The Morgan fingerprint density at radius 3 is 2.45 bits per heavy atom. The molecule has 2 amide bonds. The Labute approximate surface area is 135 Å². The predicted molar refractivity (Wildman–Crippen MR) is 92.5 cm³/mol.